The largest absolute Gasteiger partial charge is 0.477 e. The molecule has 1 saturated carbocycles. The normalized spacial score (nSPS) is 14.5. The lowest BCUT2D eigenvalue weighted by atomic mass is 10.2. The van der Waals surface area contributed by atoms with Crippen molar-refractivity contribution in [3.05, 3.63) is 60.3 Å². The number of carboxylic acid groups (broad SMARTS) is 1. The molecule has 0 unspecified atom stereocenters. The van der Waals surface area contributed by atoms with Gasteiger partial charge in [0.1, 0.15) is 5.69 Å². The standard InChI is InChI=1S/C19H18N2O4S/c22-19(23)18-11-14-10-15(8-9-17(14)20-18)21(12-13-6-7-13)26(24,25)16-4-2-1-3-5-16/h1-5,8-11,13,20H,6-7,12H2,(H,22,23). The maximum absolute atomic E-state index is 13.2. The van der Waals surface area contributed by atoms with E-state index in [9.17, 15) is 13.2 Å². The first-order valence-corrected chi connectivity index (χ1v) is 9.83. The second-order valence-corrected chi connectivity index (χ2v) is 8.41. The van der Waals surface area contributed by atoms with Crippen LogP contribution in [0.5, 0.6) is 0 Å². The fraction of sp³-hybridized carbons (Fsp3) is 0.211. The molecule has 2 N–H and O–H groups in total. The molecule has 26 heavy (non-hydrogen) atoms. The molecule has 0 aliphatic heterocycles. The summed E-state index contributed by atoms with van der Waals surface area (Å²) >= 11 is 0. The highest BCUT2D eigenvalue weighted by atomic mass is 32.2. The van der Waals surface area contributed by atoms with Crippen LogP contribution in [0.3, 0.4) is 0 Å². The average molecular weight is 370 g/mol. The van der Waals surface area contributed by atoms with E-state index in [0.29, 0.717) is 29.1 Å². The molecule has 134 valence electrons. The van der Waals surface area contributed by atoms with Gasteiger partial charge >= 0.3 is 5.97 Å². The van der Waals surface area contributed by atoms with Crippen molar-refractivity contribution < 1.29 is 18.3 Å². The number of fused-ring (bicyclic) bond motifs is 1. The Balaban J connectivity index is 1.79. The topological polar surface area (TPSA) is 90.5 Å². The number of carboxylic acids is 1. The number of sulfonamides is 1. The molecule has 4 rings (SSSR count). The third kappa shape index (κ3) is 3.06. The highest BCUT2D eigenvalue weighted by Crippen LogP contribution is 2.35. The zero-order valence-corrected chi connectivity index (χ0v) is 14.7. The summed E-state index contributed by atoms with van der Waals surface area (Å²) in [6.07, 6.45) is 2.05. The van der Waals surface area contributed by atoms with Crippen molar-refractivity contribution in [2.45, 2.75) is 17.7 Å². The van der Waals surface area contributed by atoms with E-state index >= 15 is 0 Å². The van der Waals surface area contributed by atoms with E-state index in [4.69, 9.17) is 5.11 Å². The monoisotopic (exact) mass is 370 g/mol. The van der Waals surface area contributed by atoms with E-state index in [1.54, 1.807) is 48.5 Å². The van der Waals surface area contributed by atoms with Crippen LogP contribution >= 0.6 is 0 Å². The van der Waals surface area contributed by atoms with Crippen molar-refractivity contribution in [3.63, 3.8) is 0 Å². The third-order valence-electron chi connectivity index (χ3n) is 4.57. The summed E-state index contributed by atoms with van der Waals surface area (Å²) in [6, 6.07) is 15.0. The van der Waals surface area contributed by atoms with Crippen molar-refractivity contribution in [2.24, 2.45) is 5.92 Å². The Labute approximate surface area is 151 Å². The van der Waals surface area contributed by atoms with E-state index < -0.39 is 16.0 Å². The minimum absolute atomic E-state index is 0.0804. The van der Waals surface area contributed by atoms with Gasteiger partial charge in [0, 0.05) is 17.4 Å². The zero-order chi connectivity index (χ0) is 18.3. The van der Waals surface area contributed by atoms with E-state index in [0.717, 1.165) is 12.8 Å². The molecule has 1 aliphatic rings. The number of nitrogens with zero attached hydrogens (tertiary/aromatic N) is 1. The predicted octanol–water partition coefficient (Wildman–Crippen LogP) is 3.47. The molecular formula is C19H18N2O4S. The molecule has 6 nitrogen and oxygen atoms in total. The molecule has 0 atom stereocenters. The Morgan fingerprint density at radius 3 is 2.50 bits per heavy atom. The maximum Gasteiger partial charge on any atom is 0.352 e. The average Bonchev–Trinajstić information content (AvgIpc) is 3.35. The maximum atomic E-state index is 13.2. The molecule has 0 saturated heterocycles. The minimum Gasteiger partial charge on any atom is -0.477 e. The molecule has 0 spiro atoms. The molecular weight excluding hydrogens is 352 g/mol. The summed E-state index contributed by atoms with van der Waals surface area (Å²) < 4.78 is 27.8. The molecule has 7 heteroatoms. The van der Waals surface area contributed by atoms with Crippen molar-refractivity contribution in [1.82, 2.24) is 4.98 Å². The van der Waals surface area contributed by atoms with E-state index in [1.165, 1.54) is 10.4 Å². The molecule has 0 amide bonds. The van der Waals surface area contributed by atoms with E-state index in [1.807, 2.05) is 0 Å². The third-order valence-corrected chi connectivity index (χ3v) is 6.38. The Kier molecular flexibility index (Phi) is 3.96. The number of aromatic carboxylic acids is 1. The van der Waals surface area contributed by atoms with Crippen LogP contribution in [0.4, 0.5) is 5.69 Å². The molecule has 1 aromatic heterocycles. The Hall–Kier alpha value is -2.80. The van der Waals surface area contributed by atoms with Crippen LogP contribution in [0.25, 0.3) is 10.9 Å². The number of benzene rings is 2. The summed E-state index contributed by atoms with van der Waals surface area (Å²) in [4.78, 5) is 14.2. The van der Waals surface area contributed by atoms with Crippen molar-refractivity contribution in [2.75, 3.05) is 10.8 Å². The molecule has 0 radical (unpaired) electrons. The van der Waals surface area contributed by atoms with Crippen LogP contribution < -0.4 is 4.31 Å². The number of carbonyl (C=O) groups is 1. The van der Waals surface area contributed by atoms with Crippen LogP contribution in [0, 0.1) is 5.92 Å². The van der Waals surface area contributed by atoms with Gasteiger partial charge in [-0.05, 0) is 55.2 Å². The van der Waals surface area contributed by atoms with Crippen molar-refractivity contribution >= 4 is 32.6 Å². The first-order valence-electron chi connectivity index (χ1n) is 8.39. The Morgan fingerprint density at radius 1 is 1.12 bits per heavy atom. The molecule has 3 aromatic rings. The van der Waals surface area contributed by atoms with E-state index in [2.05, 4.69) is 4.98 Å². The van der Waals surface area contributed by atoms with Gasteiger partial charge in [-0.15, -0.1) is 0 Å². The fourth-order valence-corrected chi connectivity index (χ4v) is 4.54. The molecule has 2 aromatic carbocycles. The van der Waals surface area contributed by atoms with E-state index in [-0.39, 0.29) is 10.6 Å². The van der Waals surface area contributed by atoms with Crippen LogP contribution in [-0.4, -0.2) is 31.0 Å². The number of H-pyrrole nitrogens is 1. The number of aromatic nitrogens is 1. The smallest absolute Gasteiger partial charge is 0.352 e. The second kappa shape index (κ2) is 6.17. The second-order valence-electron chi connectivity index (χ2n) is 6.55. The SMILES string of the molecule is O=C(O)c1cc2cc(N(CC3CC3)S(=O)(=O)c3ccccc3)ccc2[nH]1. The highest BCUT2D eigenvalue weighted by Gasteiger charge is 2.32. The highest BCUT2D eigenvalue weighted by molar-refractivity contribution is 7.92. The number of rotatable bonds is 6. The first-order chi connectivity index (χ1) is 12.4. The summed E-state index contributed by atoms with van der Waals surface area (Å²) in [5.74, 6) is -0.681. The van der Waals surface area contributed by atoms with Gasteiger partial charge in [-0.2, -0.15) is 0 Å². The summed E-state index contributed by atoms with van der Waals surface area (Å²) in [5.41, 5.74) is 1.29. The number of anilines is 1. The van der Waals surface area contributed by atoms with Gasteiger partial charge in [0.25, 0.3) is 10.0 Å². The Morgan fingerprint density at radius 2 is 1.85 bits per heavy atom. The van der Waals surface area contributed by atoms with Gasteiger partial charge < -0.3 is 10.1 Å². The van der Waals surface area contributed by atoms with Gasteiger partial charge in [-0.25, -0.2) is 13.2 Å². The fourth-order valence-electron chi connectivity index (χ4n) is 2.99. The van der Waals surface area contributed by atoms with Crippen molar-refractivity contribution in [3.8, 4) is 0 Å². The quantitative estimate of drug-likeness (QED) is 0.695. The molecule has 1 fully saturated rings. The van der Waals surface area contributed by atoms with Crippen LogP contribution in [0.15, 0.2) is 59.5 Å². The Bertz CT molecular complexity index is 1070. The van der Waals surface area contributed by atoms with Gasteiger partial charge in [-0.1, -0.05) is 18.2 Å². The summed E-state index contributed by atoms with van der Waals surface area (Å²) in [7, 11) is -3.68. The number of hydrogen-bond acceptors (Lipinski definition) is 3. The lowest BCUT2D eigenvalue weighted by Crippen LogP contribution is -2.32. The van der Waals surface area contributed by atoms with Gasteiger partial charge in [0.2, 0.25) is 0 Å². The summed E-state index contributed by atoms with van der Waals surface area (Å²) in [5, 5.41) is 9.80. The lowest BCUT2D eigenvalue weighted by Gasteiger charge is -2.24. The van der Waals surface area contributed by atoms with Crippen LogP contribution in [0.2, 0.25) is 0 Å². The first kappa shape index (κ1) is 16.7. The van der Waals surface area contributed by atoms with Gasteiger partial charge in [0.05, 0.1) is 10.6 Å². The molecule has 0 bridgehead atoms. The number of hydrogen-bond donors (Lipinski definition) is 2. The minimum atomic E-state index is -3.68. The van der Waals surface area contributed by atoms with Gasteiger partial charge in [-0.3, -0.25) is 4.31 Å². The predicted molar refractivity (Wildman–Crippen MR) is 99.0 cm³/mol. The van der Waals surface area contributed by atoms with Gasteiger partial charge in [0.15, 0.2) is 0 Å². The lowest BCUT2D eigenvalue weighted by molar-refractivity contribution is 0.0691. The van der Waals surface area contributed by atoms with Crippen molar-refractivity contribution in [1.29, 1.82) is 0 Å². The van der Waals surface area contributed by atoms with Crippen LogP contribution in [-0.2, 0) is 10.0 Å². The zero-order valence-electron chi connectivity index (χ0n) is 13.9. The molecule has 1 aliphatic carbocycles. The molecule has 1 heterocycles. The van der Waals surface area contributed by atoms with Crippen LogP contribution in [0.1, 0.15) is 23.3 Å². The number of nitrogens with one attached hydrogen (secondary N) is 1. The summed E-state index contributed by atoms with van der Waals surface area (Å²) in [6.45, 7) is 0.430. The number of aromatic amines is 1.